The Labute approximate surface area is 195 Å². The predicted molar refractivity (Wildman–Crippen MR) is 127 cm³/mol. The SMILES string of the molecule is CCCOc1ccc(CN(CCC)C(=O)C2CCCN2C(=O)c2cccs2)cc1OCC. The van der Waals surface area contributed by atoms with Crippen molar-refractivity contribution in [3.05, 3.63) is 46.2 Å². The molecule has 1 unspecified atom stereocenters. The third-order valence-corrected chi connectivity index (χ3v) is 6.34. The zero-order valence-electron chi connectivity index (χ0n) is 19.3. The maximum atomic E-state index is 13.5. The van der Waals surface area contributed by atoms with E-state index in [-0.39, 0.29) is 11.8 Å². The van der Waals surface area contributed by atoms with Crippen molar-refractivity contribution in [2.24, 2.45) is 0 Å². The van der Waals surface area contributed by atoms with Crippen LogP contribution in [0.15, 0.2) is 35.7 Å². The molecule has 0 saturated carbocycles. The quantitative estimate of drug-likeness (QED) is 0.477. The van der Waals surface area contributed by atoms with Gasteiger partial charge in [-0.3, -0.25) is 9.59 Å². The Morgan fingerprint density at radius 3 is 2.66 bits per heavy atom. The first kappa shape index (κ1) is 24.1. The summed E-state index contributed by atoms with van der Waals surface area (Å²) in [5.41, 5.74) is 0.994. The number of benzene rings is 1. The van der Waals surface area contributed by atoms with Gasteiger partial charge in [0.2, 0.25) is 5.91 Å². The van der Waals surface area contributed by atoms with Crippen LogP contribution in [0.1, 0.15) is 61.7 Å². The van der Waals surface area contributed by atoms with Crippen LogP contribution >= 0.6 is 11.3 Å². The molecule has 2 aromatic rings. The Bertz CT molecular complexity index is 884. The Morgan fingerprint density at radius 1 is 1.12 bits per heavy atom. The van der Waals surface area contributed by atoms with Gasteiger partial charge in [-0.05, 0) is 61.7 Å². The summed E-state index contributed by atoms with van der Waals surface area (Å²) in [6, 6.07) is 9.19. The van der Waals surface area contributed by atoms with Crippen LogP contribution in [-0.4, -0.2) is 54.0 Å². The van der Waals surface area contributed by atoms with Gasteiger partial charge in [0.05, 0.1) is 18.1 Å². The first-order chi connectivity index (χ1) is 15.6. The van der Waals surface area contributed by atoms with Crippen LogP contribution in [-0.2, 0) is 11.3 Å². The molecule has 2 heterocycles. The molecule has 0 spiro atoms. The maximum absolute atomic E-state index is 13.5. The minimum absolute atomic E-state index is 0.0264. The summed E-state index contributed by atoms with van der Waals surface area (Å²) in [5, 5.41) is 1.90. The Kier molecular flexibility index (Phi) is 8.97. The number of hydrogen-bond donors (Lipinski definition) is 0. The summed E-state index contributed by atoms with van der Waals surface area (Å²) >= 11 is 1.42. The van der Waals surface area contributed by atoms with E-state index in [1.807, 2.05) is 47.5 Å². The summed E-state index contributed by atoms with van der Waals surface area (Å²) in [6.07, 6.45) is 3.34. The van der Waals surface area contributed by atoms with E-state index in [1.54, 1.807) is 4.90 Å². The van der Waals surface area contributed by atoms with E-state index in [1.165, 1.54) is 11.3 Å². The van der Waals surface area contributed by atoms with Crippen molar-refractivity contribution in [2.75, 3.05) is 26.3 Å². The highest BCUT2D eigenvalue weighted by atomic mass is 32.1. The highest BCUT2D eigenvalue weighted by molar-refractivity contribution is 7.12. The van der Waals surface area contributed by atoms with Crippen LogP contribution in [0.5, 0.6) is 11.5 Å². The summed E-state index contributed by atoms with van der Waals surface area (Å²) in [5.74, 6) is 1.42. The van der Waals surface area contributed by atoms with Gasteiger partial charge < -0.3 is 19.3 Å². The number of rotatable bonds is 11. The zero-order chi connectivity index (χ0) is 22.9. The minimum atomic E-state index is -0.394. The molecule has 0 radical (unpaired) electrons. The topological polar surface area (TPSA) is 59.1 Å². The number of amides is 2. The molecule has 174 valence electrons. The van der Waals surface area contributed by atoms with Crippen LogP contribution in [0, 0.1) is 0 Å². The van der Waals surface area contributed by atoms with Gasteiger partial charge in [-0.15, -0.1) is 11.3 Å². The fourth-order valence-electron chi connectivity index (χ4n) is 4.03. The number of nitrogens with zero attached hydrogens (tertiary/aromatic N) is 2. The lowest BCUT2D eigenvalue weighted by atomic mass is 10.1. The van der Waals surface area contributed by atoms with Gasteiger partial charge in [0.25, 0.3) is 5.91 Å². The first-order valence-corrected chi connectivity index (χ1v) is 12.5. The number of hydrogen-bond acceptors (Lipinski definition) is 5. The van der Waals surface area contributed by atoms with Crippen molar-refractivity contribution in [3.63, 3.8) is 0 Å². The molecule has 0 bridgehead atoms. The molecular formula is C25H34N2O4S. The van der Waals surface area contributed by atoms with Gasteiger partial charge in [-0.2, -0.15) is 0 Å². The van der Waals surface area contributed by atoms with Crippen molar-refractivity contribution in [1.29, 1.82) is 0 Å². The molecule has 1 aliphatic heterocycles. The van der Waals surface area contributed by atoms with Gasteiger partial charge in [0.15, 0.2) is 11.5 Å². The van der Waals surface area contributed by atoms with Crippen molar-refractivity contribution in [2.45, 2.75) is 59.0 Å². The molecule has 1 atom stereocenters. The Hall–Kier alpha value is -2.54. The van der Waals surface area contributed by atoms with Crippen molar-refractivity contribution < 1.29 is 19.1 Å². The molecule has 6 nitrogen and oxygen atoms in total. The lowest BCUT2D eigenvalue weighted by Crippen LogP contribution is -2.47. The molecule has 7 heteroatoms. The van der Waals surface area contributed by atoms with Crippen molar-refractivity contribution >= 4 is 23.2 Å². The fourth-order valence-corrected chi connectivity index (χ4v) is 4.71. The summed E-state index contributed by atoms with van der Waals surface area (Å²) < 4.78 is 11.6. The van der Waals surface area contributed by atoms with Gasteiger partial charge in [0, 0.05) is 19.6 Å². The highest BCUT2D eigenvalue weighted by Gasteiger charge is 2.37. The molecule has 1 fully saturated rings. The van der Waals surface area contributed by atoms with E-state index in [9.17, 15) is 9.59 Å². The van der Waals surface area contributed by atoms with Crippen molar-refractivity contribution in [3.8, 4) is 11.5 Å². The van der Waals surface area contributed by atoms with E-state index in [4.69, 9.17) is 9.47 Å². The lowest BCUT2D eigenvalue weighted by molar-refractivity contribution is -0.136. The van der Waals surface area contributed by atoms with Crippen LogP contribution in [0.3, 0.4) is 0 Å². The summed E-state index contributed by atoms with van der Waals surface area (Å²) in [4.78, 5) is 30.8. The molecule has 0 aliphatic carbocycles. The molecule has 0 N–H and O–H groups in total. The Morgan fingerprint density at radius 2 is 1.97 bits per heavy atom. The third-order valence-electron chi connectivity index (χ3n) is 5.48. The second-order valence-corrected chi connectivity index (χ2v) is 8.90. The van der Waals surface area contributed by atoms with Gasteiger partial charge in [-0.25, -0.2) is 0 Å². The van der Waals surface area contributed by atoms with Crippen LogP contribution in [0.25, 0.3) is 0 Å². The van der Waals surface area contributed by atoms with E-state index in [2.05, 4.69) is 13.8 Å². The molecule has 3 rings (SSSR count). The largest absolute Gasteiger partial charge is 0.490 e. The number of ether oxygens (including phenoxy) is 2. The standard InChI is InChI=1S/C25H34N2O4S/c1-4-13-26(18-19-11-12-21(31-15-5-2)22(17-19)30-6-3)24(28)20-9-7-14-27(20)25(29)23-10-8-16-32-23/h8,10-12,16-17,20H,4-7,9,13-15,18H2,1-3H3. The second kappa shape index (κ2) is 11.9. The number of thiophene rings is 1. The smallest absolute Gasteiger partial charge is 0.264 e. The fraction of sp³-hybridized carbons (Fsp3) is 0.520. The van der Waals surface area contributed by atoms with Crippen molar-refractivity contribution in [1.82, 2.24) is 9.80 Å². The van der Waals surface area contributed by atoms with Crippen LogP contribution < -0.4 is 9.47 Å². The van der Waals surface area contributed by atoms with E-state index in [0.717, 1.165) is 30.6 Å². The van der Waals surface area contributed by atoms with Gasteiger partial charge in [0.1, 0.15) is 6.04 Å². The summed E-state index contributed by atoms with van der Waals surface area (Å²) in [6.45, 7) is 9.02. The van der Waals surface area contributed by atoms with Crippen LogP contribution in [0.2, 0.25) is 0 Å². The number of likely N-dealkylation sites (tertiary alicyclic amines) is 1. The monoisotopic (exact) mass is 458 g/mol. The van der Waals surface area contributed by atoms with Crippen LogP contribution in [0.4, 0.5) is 0 Å². The molecule has 32 heavy (non-hydrogen) atoms. The number of carbonyl (C=O) groups is 2. The average molecular weight is 459 g/mol. The molecule has 1 aromatic carbocycles. The number of carbonyl (C=O) groups excluding carboxylic acids is 2. The van der Waals surface area contributed by atoms with E-state index in [0.29, 0.717) is 49.9 Å². The van der Waals surface area contributed by atoms with Gasteiger partial charge >= 0.3 is 0 Å². The van der Waals surface area contributed by atoms with E-state index >= 15 is 0 Å². The molecule has 2 amide bonds. The highest BCUT2D eigenvalue weighted by Crippen LogP contribution is 2.30. The average Bonchev–Trinajstić information content (AvgIpc) is 3.50. The molecule has 1 saturated heterocycles. The zero-order valence-corrected chi connectivity index (χ0v) is 20.2. The summed E-state index contributed by atoms with van der Waals surface area (Å²) in [7, 11) is 0. The van der Waals surface area contributed by atoms with E-state index < -0.39 is 6.04 Å². The predicted octanol–water partition coefficient (Wildman–Crippen LogP) is 4.98. The molecular weight excluding hydrogens is 424 g/mol. The first-order valence-electron chi connectivity index (χ1n) is 11.6. The third kappa shape index (κ3) is 5.82. The molecule has 1 aliphatic rings. The molecule has 1 aromatic heterocycles. The Balaban J connectivity index is 1.76. The van der Waals surface area contributed by atoms with Gasteiger partial charge in [-0.1, -0.05) is 26.0 Å². The lowest BCUT2D eigenvalue weighted by Gasteiger charge is -2.30. The maximum Gasteiger partial charge on any atom is 0.264 e. The normalized spacial score (nSPS) is 15.6. The minimum Gasteiger partial charge on any atom is -0.490 e. The second-order valence-electron chi connectivity index (χ2n) is 7.96.